The number of carbonyl (C=O) groups excluding carboxylic acids is 1. The topological polar surface area (TPSA) is 55.6 Å². The van der Waals surface area contributed by atoms with Crippen molar-refractivity contribution in [2.75, 3.05) is 20.2 Å². The zero-order valence-corrected chi connectivity index (χ0v) is 14.8. The van der Waals surface area contributed by atoms with Gasteiger partial charge in [0, 0.05) is 18.5 Å². The first kappa shape index (κ1) is 17.3. The fourth-order valence-corrected chi connectivity index (χ4v) is 4.51. The first-order chi connectivity index (χ1) is 11.7. The first-order valence-electron chi connectivity index (χ1n) is 9.31. The molecule has 4 heteroatoms. The van der Waals surface area contributed by atoms with Gasteiger partial charge in [0.25, 0.3) is 0 Å². The fraction of sp³-hybridized carbons (Fsp3) is 0.650. The highest BCUT2D eigenvalue weighted by Crippen LogP contribution is 2.42. The number of rotatable bonds is 5. The normalized spacial score (nSPS) is 23.2. The minimum atomic E-state index is 0.0310. The minimum absolute atomic E-state index is 0.0310. The van der Waals surface area contributed by atoms with Gasteiger partial charge in [-0.1, -0.05) is 37.5 Å². The van der Waals surface area contributed by atoms with Crippen molar-refractivity contribution in [2.45, 2.75) is 57.4 Å². The van der Waals surface area contributed by atoms with Gasteiger partial charge in [0.1, 0.15) is 5.75 Å². The number of nitrogens with zero attached hydrogens (tertiary/aromatic N) is 1. The van der Waals surface area contributed by atoms with E-state index in [4.69, 9.17) is 10.5 Å². The Labute approximate surface area is 145 Å². The van der Waals surface area contributed by atoms with Crippen LogP contribution in [0.5, 0.6) is 5.75 Å². The van der Waals surface area contributed by atoms with Crippen LogP contribution in [0.4, 0.5) is 0 Å². The average molecular weight is 330 g/mol. The highest BCUT2D eigenvalue weighted by molar-refractivity contribution is 5.78. The first-order valence-corrected chi connectivity index (χ1v) is 9.31. The number of ether oxygens (including phenoxy) is 1. The molecule has 0 spiro atoms. The number of methoxy groups -OCH3 is 1. The zero-order valence-electron chi connectivity index (χ0n) is 14.8. The van der Waals surface area contributed by atoms with Crippen LogP contribution < -0.4 is 10.5 Å². The summed E-state index contributed by atoms with van der Waals surface area (Å²) in [5.41, 5.74) is 7.25. The summed E-state index contributed by atoms with van der Waals surface area (Å²) in [6.07, 6.45) is 8.58. The maximum atomic E-state index is 13.1. The molecule has 1 aromatic rings. The predicted molar refractivity (Wildman–Crippen MR) is 95.9 cm³/mol. The average Bonchev–Trinajstić information content (AvgIpc) is 3.12. The second kappa shape index (κ2) is 7.56. The molecule has 0 bridgehead atoms. The van der Waals surface area contributed by atoms with Crippen LogP contribution in [-0.4, -0.2) is 31.0 Å². The molecule has 2 fully saturated rings. The van der Waals surface area contributed by atoms with Crippen LogP contribution in [0.1, 0.15) is 63.0 Å². The van der Waals surface area contributed by atoms with Gasteiger partial charge in [0.2, 0.25) is 5.91 Å². The standard InChI is InChI=1S/C20H30N2O2/c1-24-18-10-4-3-8-16(18)17-9-7-13-22(17)19(23)14-20(15-21)11-5-2-6-12-20/h3-4,8,10,17H,2,5-7,9,11-15,21H2,1H3. The van der Waals surface area contributed by atoms with Gasteiger partial charge in [-0.15, -0.1) is 0 Å². The Hall–Kier alpha value is -1.55. The molecule has 1 heterocycles. The van der Waals surface area contributed by atoms with Crippen molar-refractivity contribution in [3.05, 3.63) is 29.8 Å². The lowest BCUT2D eigenvalue weighted by Gasteiger charge is -2.38. The SMILES string of the molecule is COc1ccccc1C1CCCN1C(=O)CC1(CN)CCCCC1. The molecule has 4 nitrogen and oxygen atoms in total. The van der Waals surface area contributed by atoms with Crippen molar-refractivity contribution < 1.29 is 9.53 Å². The summed E-state index contributed by atoms with van der Waals surface area (Å²) in [5, 5.41) is 0. The molecule has 1 aliphatic heterocycles. The van der Waals surface area contributed by atoms with E-state index < -0.39 is 0 Å². The molecule has 132 valence electrons. The van der Waals surface area contributed by atoms with Crippen molar-refractivity contribution in [3.8, 4) is 5.75 Å². The number of nitrogens with two attached hydrogens (primary N) is 1. The van der Waals surface area contributed by atoms with E-state index in [9.17, 15) is 4.79 Å². The third kappa shape index (κ3) is 3.44. The molecule has 3 rings (SSSR count). The molecule has 1 aliphatic carbocycles. The lowest BCUT2D eigenvalue weighted by molar-refractivity contribution is -0.135. The van der Waals surface area contributed by atoms with Crippen LogP contribution in [0.3, 0.4) is 0 Å². The lowest BCUT2D eigenvalue weighted by Crippen LogP contribution is -2.40. The molecular formula is C20H30N2O2. The van der Waals surface area contributed by atoms with Crippen LogP contribution in [0.15, 0.2) is 24.3 Å². The van der Waals surface area contributed by atoms with Crippen LogP contribution >= 0.6 is 0 Å². The monoisotopic (exact) mass is 330 g/mol. The highest BCUT2D eigenvalue weighted by Gasteiger charge is 2.38. The van der Waals surface area contributed by atoms with Gasteiger partial charge in [-0.3, -0.25) is 4.79 Å². The van der Waals surface area contributed by atoms with E-state index in [0.29, 0.717) is 13.0 Å². The Balaban J connectivity index is 1.76. The largest absolute Gasteiger partial charge is 0.496 e. The molecule has 0 radical (unpaired) electrons. The van der Waals surface area contributed by atoms with E-state index in [-0.39, 0.29) is 17.4 Å². The van der Waals surface area contributed by atoms with Crippen molar-refractivity contribution in [3.63, 3.8) is 0 Å². The molecular weight excluding hydrogens is 300 g/mol. The smallest absolute Gasteiger partial charge is 0.223 e. The molecule has 0 aromatic heterocycles. The van der Waals surface area contributed by atoms with E-state index >= 15 is 0 Å². The number of likely N-dealkylation sites (tertiary alicyclic amines) is 1. The number of benzene rings is 1. The highest BCUT2D eigenvalue weighted by atomic mass is 16.5. The van der Waals surface area contributed by atoms with E-state index in [2.05, 4.69) is 11.0 Å². The van der Waals surface area contributed by atoms with E-state index in [1.165, 1.54) is 19.3 Å². The Morgan fingerprint density at radius 1 is 1.25 bits per heavy atom. The summed E-state index contributed by atoms with van der Waals surface area (Å²) in [6, 6.07) is 8.23. The zero-order chi connectivity index (χ0) is 17.0. The Morgan fingerprint density at radius 2 is 2.00 bits per heavy atom. The Bertz CT molecular complexity index is 567. The van der Waals surface area contributed by atoms with Crippen LogP contribution in [0.25, 0.3) is 0 Å². The van der Waals surface area contributed by atoms with Crippen molar-refractivity contribution in [1.82, 2.24) is 4.90 Å². The third-order valence-corrected chi connectivity index (χ3v) is 5.94. The number of amides is 1. The van der Waals surface area contributed by atoms with Gasteiger partial charge < -0.3 is 15.4 Å². The molecule has 1 saturated heterocycles. The molecule has 1 aromatic carbocycles. The Morgan fingerprint density at radius 3 is 2.71 bits per heavy atom. The van der Waals surface area contributed by atoms with Gasteiger partial charge in [0.05, 0.1) is 13.2 Å². The number of para-hydroxylation sites is 1. The molecule has 1 saturated carbocycles. The van der Waals surface area contributed by atoms with Gasteiger partial charge in [0.15, 0.2) is 0 Å². The summed E-state index contributed by atoms with van der Waals surface area (Å²) in [4.78, 5) is 15.2. The van der Waals surface area contributed by atoms with Crippen LogP contribution in [0, 0.1) is 5.41 Å². The summed E-state index contributed by atoms with van der Waals surface area (Å²) in [7, 11) is 1.70. The third-order valence-electron chi connectivity index (χ3n) is 5.94. The second-order valence-corrected chi connectivity index (χ2v) is 7.43. The van der Waals surface area contributed by atoms with E-state index in [1.807, 2.05) is 18.2 Å². The van der Waals surface area contributed by atoms with Gasteiger partial charge in [-0.05, 0) is 43.7 Å². The number of hydrogen-bond donors (Lipinski definition) is 1. The van der Waals surface area contributed by atoms with Crippen molar-refractivity contribution in [2.24, 2.45) is 11.1 Å². The minimum Gasteiger partial charge on any atom is -0.496 e. The van der Waals surface area contributed by atoms with E-state index in [0.717, 1.165) is 43.5 Å². The second-order valence-electron chi connectivity index (χ2n) is 7.43. The van der Waals surface area contributed by atoms with Crippen molar-refractivity contribution in [1.29, 1.82) is 0 Å². The quantitative estimate of drug-likeness (QED) is 0.896. The van der Waals surface area contributed by atoms with Crippen LogP contribution in [-0.2, 0) is 4.79 Å². The Kier molecular flexibility index (Phi) is 5.44. The van der Waals surface area contributed by atoms with E-state index in [1.54, 1.807) is 7.11 Å². The summed E-state index contributed by atoms with van der Waals surface area (Å²) >= 11 is 0. The lowest BCUT2D eigenvalue weighted by atomic mass is 9.71. The molecule has 24 heavy (non-hydrogen) atoms. The summed E-state index contributed by atoms with van der Waals surface area (Å²) in [5.74, 6) is 1.16. The van der Waals surface area contributed by atoms with Gasteiger partial charge in [-0.25, -0.2) is 0 Å². The summed E-state index contributed by atoms with van der Waals surface area (Å²) in [6.45, 7) is 1.48. The predicted octanol–water partition coefficient (Wildman–Crippen LogP) is 3.66. The summed E-state index contributed by atoms with van der Waals surface area (Å²) < 4.78 is 5.52. The number of carbonyl (C=O) groups is 1. The molecule has 2 aliphatic rings. The fourth-order valence-electron chi connectivity index (χ4n) is 4.51. The van der Waals surface area contributed by atoms with Crippen molar-refractivity contribution >= 4 is 5.91 Å². The van der Waals surface area contributed by atoms with Gasteiger partial charge in [-0.2, -0.15) is 0 Å². The number of hydrogen-bond acceptors (Lipinski definition) is 3. The maximum absolute atomic E-state index is 13.1. The molecule has 1 unspecified atom stereocenters. The van der Waals surface area contributed by atoms with Crippen LogP contribution in [0.2, 0.25) is 0 Å². The van der Waals surface area contributed by atoms with Gasteiger partial charge >= 0.3 is 0 Å². The molecule has 1 atom stereocenters. The maximum Gasteiger partial charge on any atom is 0.223 e. The molecule has 1 amide bonds. The molecule has 2 N–H and O–H groups in total.